The Morgan fingerprint density at radius 2 is 1.78 bits per heavy atom. The highest BCUT2D eigenvalue weighted by atomic mass is 16.5. The van der Waals surface area contributed by atoms with E-state index >= 15 is 0 Å². The molecule has 1 fully saturated rings. The number of aryl methyl sites for hydroxylation is 1. The molecule has 190 valence electrons. The normalized spacial score (nSPS) is 22.6. The molecule has 1 amide bonds. The van der Waals surface area contributed by atoms with Crippen LogP contribution in [0, 0.1) is 5.92 Å². The topological polar surface area (TPSA) is 93.9 Å². The van der Waals surface area contributed by atoms with Gasteiger partial charge in [0.2, 0.25) is 0 Å². The van der Waals surface area contributed by atoms with E-state index in [1.165, 1.54) is 7.11 Å². The Balaban J connectivity index is 1.60. The van der Waals surface area contributed by atoms with E-state index in [-0.39, 0.29) is 30.2 Å². The second-order valence-electron chi connectivity index (χ2n) is 9.92. The summed E-state index contributed by atoms with van der Waals surface area (Å²) < 4.78 is 13.6. The number of nitrogens with zero attached hydrogens (tertiary/aromatic N) is 3. The number of carbonyl (C=O) groups excluding carboxylic acids is 1. The van der Waals surface area contributed by atoms with Crippen LogP contribution in [0.3, 0.4) is 0 Å². The van der Waals surface area contributed by atoms with Gasteiger partial charge in [-0.3, -0.25) is 9.69 Å². The van der Waals surface area contributed by atoms with Gasteiger partial charge in [-0.05, 0) is 76.6 Å². The number of fused-ring (bicyclic) bond motifs is 3. The zero-order valence-electron chi connectivity index (χ0n) is 21.0. The number of amides is 1. The van der Waals surface area contributed by atoms with Crippen LogP contribution in [0.4, 0.5) is 10.5 Å². The zero-order chi connectivity index (χ0) is 25.4. The zero-order valence-corrected chi connectivity index (χ0v) is 21.0. The Morgan fingerprint density at radius 1 is 1.06 bits per heavy atom. The highest BCUT2D eigenvalue weighted by Crippen LogP contribution is 2.41. The first-order valence-electron chi connectivity index (χ1n) is 12.7. The van der Waals surface area contributed by atoms with Crippen LogP contribution < -0.4 is 9.64 Å². The lowest BCUT2D eigenvalue weighted by Crippen LogP contribution is -2.42. The number of ether oxygens (including phenoxy) is 2. The Kier molecular flexibility index (Phi) is 6.60. The summed E-state index contributed by atoms with van der Waals surface area (Å²) >= 11 is 0. The molecular formula is C28H33N3O5. The van der Waals surface area contributed by atoms with Crippen molar-refractivity contribution in [3.63, 3.8) is 0 Å². The van der Waals surface area contributed by atoms with Gasteiger partial charge in [-0.1, -0.05) is 18.2 Å². The first-order valence-corrected chi connectivity index (χ1v) is 12.7. The molecule has 8 nitrogen and oxygen atoms in total. The Hall–Kier alpha value is -3.55. The van der Waals surface area contributed by atoms with Crippen LogP contribution in [-0.2, 0) is 16.0 Å². The molecule has 2 heterocycles. The molecule has 1 aromatic heterocycles. The second-order valence-corrected chi connectivity index (χ2v) is 9.92. The maximum atomic E-state index is 12.6. The number of carbonyl (C=O) groups is 2. The number of carboxylic acids is 1. The quantitative estimate of drug-likeness (QED) is 0.478. The summed E-state index contributed by atoms with van der Waals surface area (Å²) in [6.45, 7) is 4.04. The molecule has 0 saturated heterocycles. The predicted octanol–water partition coefficient (Wildman–Crippen LogP) is 5.90. The molecule has 1 aliphatic heterocycles. The standard InChI is InChI=1S/C28H33N3O5/c1-17-9-14-22-23(30(17)28(34)35-3)15-16-24-25(22)29-26(18(2)36-21-7-5-4-6-8-21)31(24)20-12-10-19(11-13-20)27(32)33/h4-8,15-20H,9-14H2,1-3H3,(H,32,33)/t17-,18-,19-,20-/m0/s1. The number of para-hydroxylation sites is 1. The first kappa shape index (κ1) is 24.2. The fraction of sp³-hybridized carbons (Fsp3) is 0.464. The smallest absolute Gasteiger partial charge is 0.414 e. The fourth-order valence-electron chi connectivity index (χ4n) is 5.80. The average Bonchev–Trinajstić information content (AvgIpc) is 3.29. The number of aromatic nitrogens is 2. The minimum atomic E-state index is -0.712. The van der Waals surface area contributed by atoms with Gasteiger partial charge in [-0.25, -0.2) is 9.78 Å². The third-order valence-electron chi connectivity index (χ3n) is 7.68. The molecule has 36 heavy (non-hydrogen) atoms. The van der Waals surface area contributed by atoms with E-state index in [1.54, 1.807) is 4.90 Å². The summed E-state index contributed by atoms with van der Waals surface area (Å²) in [6.07, 6.45) is 3.80. The third-order valence-corrected chi connectivity index (χ3v) is 7.68. The minimum absolute atomic E-state index is 0.0376. The Bertz CT molecular complexity index is 1260. The molecular weight excluding hydrogens is 458 g/mol. The molecule has 0 spiro atoms. The molecule has 1 N–H and O–H groups in total. The van der Waals surface area contributed by atoms with E-state index < -0.39 is 5.97 Å². The lowest BCUT2D eigenvalue weighted by Gasteiger charge is -2.34. The summed E-state index contributed by atoms with van der Waals surface area (Å²) in [4.78, 5) is 31.0. The van der Waals surface area contributed by atoms with Crippen LogP contribution in [0.5, 0.6) is 5.75 Å². The number of rotatable bonds is 5. The number of hydrogen-bond donors (Lipinski definition) is 1. The van der Waals surface area contributed by atoms with Crippen molar-refractivity contribution in [1.29, 1.82) is 0 Å². The van der Waals surface area contributed by atoms with Gasteiger partial charge in [0.15, 0.2) is 11.9 Å². The molecule has 0 bridgehead atoms. The highest BCUT2D eigenvalue weighted by molar-refractivity contribution is 5.95. The summed E-state index contributed by atoms with van der Waals surface area (Å²) in [7, 11) is 1.41. The number of methoxy groups -OCH3 is 1. The summed E-state index contributed by atoms with van der Waals surface area (Å²) in [5, 5.41) is 9.50. The molecule has 8 heteroatoms. The number of aliphatic carboxylic acids is 1. The third kappa shape index (κ3) is 4.29. The van der Waals surface area contributed by atoms with Crippen molar-refractivity contribution in [3.05, 3.63) is 53.9 Å². The molecule has 0 unspecified atom stereocenters. The van der Waals surface area contributed by atoms with Crippen molar-refractivity contribution in [2.24, 2.45) is 5.92 Å². The van der Waals surface area contributed by atoms with Crippen molar-refractivity contribution < 1.29 is 24.2 Å². The van der Waals surface area contributed by atoms with E-state index in [4.69, 9.17) is 14.5 Å². The van der Waals surface area contributed by atoms with Crippen LogP contribution in [-0.4, -0.2) is 39.9 Å². The molecule has 1 aliphatic carbocycles. The number of hydrogen-bond acceptors (Lipinski definition) is 5. The van der Waals surface area contributed by atoms with Crippen molar-refractivity contribution in [2.45, 2.75) is 70.6 Å². The highest BCUT2D eigenvalue weighted by Gasteiger charge is 2.34. The van der Waals surface area contributed by atoms with Gasteiger partial charge >= 0.3 is 12.1 Å². The van der Waals surface area contributed by atoms with Crippen LogP contribution in [0.25, 0.3) is 11.0 Å². The average molecular weight is 492 g/mol. The van der Waals surface area contributed by atoms with Crippen molar-refractivity contribution in [2.75, 3.05) is 12.0 Å². The van der Waals surface area contributed by atoms with Crippen LogP contribution in [0.1, 0.15) is 69.5 Å². The molecule has 2 atom stereocenters. The second kappa shape index (κ2) is 9.84. The summed E-state index contributed by atoms with van der Waals surface area (Å²) in [5.41, 5.74) is 3.77. The van der Waals surface area contributed by atoms with Crippen molar-refractivity contribution >= 4 is 28.8 Å². The first-order chi connectivity index (χ1) is 17.4. The van der Waals surface area contributed by atoms with Gasteiger partial charge in [0.1, 0.15) is 5.75 Å². The Morgan fingerprint density at radius 3 is 2.44 bits per heavy atom. The van der Waals surface area contributed by atoms with Gasteiger partial charge in [0.05, 0.1) is 29.7 Å². The van der Waals surface area contributed by atoms with Gasteiger partial charge in [-0.2, -0.15) is 0 Å². The van der Waals surface area contributed by atoms with Crippen molar-refractivity contribution in [3.8, 4) is 5.75 Å². The van der Waals surface area contributed by atoms with Crippen LogP contribution in [0.2, 0.25) is 0 Å². The molecule has 3 aromatic rings. The number of anilines is 1. The number of imidazole rings is 1. The monoisotopic (exact) mass is 491 g/mol. The lowest BCUT2D eigenvalue weighted by molar-refractivity contribution is -0.143. The largest absolute Gasteiger partial charge is 0.483 e. The van der Waals surface area contributed by atoms with E-state index in [2.05, 4.69) is 4.57 Å². The van der Waals surface area contributed by atoms with Crippen molar-refractivity contribution in [1.82, 2.24) is 9.55 Å². The predicted molar refractivity (Wildman–Crippen MR) is 137 cm³/mol. The molecule has 5 rings (SSSR count). The van der Waals surface area contributed by atoms with Gasteiger partial charge in [0, 0.05) is 17.6 Å². The molecule has 2 aromatic carbocycles. The molecule has 0 radical (unpaired) electrons. The lowest BCUT2D eigenvalue weighted by atomic mass is 9.85. The molecule has 2 aliphatic rings. The van der Waals surface area contributed by atoms with Crippen LogP contribution >= 0.6 is 0 Å². The van der Waals surface area contributed by atoms with E-state index in [0.29, 0.717) is 12.8 Å². The maximum absolute atomic E-state index is 12.6. The summed E-state index contributed by atoms with van der Waals surface area (Å²) in [6, 6.07) is 13.9. The van der Waals surface area contributed by atoms with E-state index in [9.17, 15) is 14.7 Å². The van der Waals surface area contributed by atoms with Gasteiger partial charge in [0.25, 0.3) is 0 Å². The van der Waals surface area contributed by atoms with E-state index in [1.807, 2.05) is 56.3 Å². The van der Waals surface area contributed by atoms with E-state index in [0.717, 1.165) is 59.5 Å². The number of benzene rings is 2. The van der Waals surface area contributed by atoms with Crippen LogP contribution in [0.15, 0.2) is 42.5 Å². The molecule has 1 saturated carbocycles. The van der Waals surface area contributed by atoms with Gasteiger partial charge in [-0.15, -0.1) is 0 Å². The van der Waals surface area contributed by atoms with Gasteiger partial charge < -0.3 is 19.1 Å². The fourth-order valence-corrected chi connectivity index (χ4v) is 5.80. The Labute approximate surface area is 210 Å². The number of carboxylic acid groups (broad SMARTS) is 1. The summed E-state index contributed by atoms with van der Waals surface area (Å²) in [5.74, 6) is 0.589. The minimum Gasteiger partial charge on any atom is -0.483 e. The SMILES string of the molecule is COC(=O)N1c2ccc3c(nc([C@H](C)Oc4ccccc4)n3[C@H]3CC[C@H](C(=O)O)CC3)c2CC[C@@H]1C. The maximum Gasteiger partial charge on any atom is 0.414 e.